The molecule has 1 saturated carbocycles. The van der Waals surface area contributed by atoms with Gasteiger partial charge >= 0.3 is 5.69 Å². The molecule has 144 valence electrons. The van der Waals surface area contributed by atoms with Gasteiger partial charge in [0.25, 0.3) is 0 Å². The lowest BCUT2D eigenvalue weighted by Gasteiger charge is -2.40. The first-order valence-corrected chi connectivity index (χ1v) is 10.2. The van der Waals surface area contributed by atoms with Crippen molar-refractivity contribution < 1.29 is 4.74 Å². The van der Waals surface area contributed by atoms with Gasteiger partial charge in [0.1, 0.15) is 0 Å². The monoisotopic (exact) mass is 368 g/mol. The SMILES string of the molecule is CCO[C@H]1CC[C@H](N2CCC(n3c(=O)[nH]c4ccc(C#N)cc43)CC2)CC1. The van der Waals surface area contributed by atoms with Crippen molar-refractivity contribution in [2.75, 3.05) is 19.7 Å². The van der Waals surface area contributed by atoms with E-state index < -0.39 is 0 Å². The van der Waals surface area contributed by atoms with Crippen LogP contribution in [0.25, 0.3) is 11.0 Å². The third-order valence-electron chi connectivity index (χ3n) is 6.27. The average Bonchev–Trinajstić information content (AvgIpc) is 3.04. The lowest BCUT2D eigenvalue weighted by Crippen LogP contribution is -2.45. The van der Waals surface area contributed by atoms with Gasteiger partial charge in [0.2, 0.25) is 0 Å². The zero-order valence-electron chi connectivity index (χ0n) is 16.0. The van der Waals surface area contributed by atoms with Crippen LogP contribution in [0.2, 0.25) is 0 Å². The Morgan fingerprint density at radius 2 is 1.89 bits per heavy atom. The highest BCUT2D eigenvalue weighted by Crippen LogP contribution is 2.31. The van der Waals surface area contributed by atoms with E-state index in [9.17, 15) is 10.1 Å². The van der Waals surface area contributed by atoms with Gasteiger partial charge in [-0.15, -0.1) is 0 Å². The molecule has 0 amide bonds. The molecule has 1 N–H and O–H groups in total. The number of imidazole rings is 1. The fourth-order valence-corrected chi connectivity index (χ4v) is 4.88. The number of nitriles is 1. The molecule has 1 saturated heterocycles. The molecule has 2 aromatic rings. The fraction of sp³-hybridized carbons (Fsp3) is 0.619. The van der Waals surface area contributed by atoms with E-state index in [1.807, 2.05) is 16.7 Å². The minimum Gasteiger partial charge on any atom is -0.379 e. The van der Waals surface area contributed by atoms with Crippen LogP contribution in [0.5, 0.6) is 0 Å². The number of aromatic nitrogens is 2. The molecule has 1 aliphatic heterocycles. The number of nitrogens with zero attached hydrogens (tertiary/aromatic N) is 3. The predicted octanol–water partition coefficient (Wildman–Crippen LogP) is 3.19. The van der Waals surface area contributed by atoms with Gasteiger partial charge < -0.3 is 14.6 Å². The average molecular weight is 368 g/mol. The molecule has 27 heavy (non-hydrogen) atoms. The largest absolute Gasteiger partial charge is 0.379 e. The van der Waals surface area contributed by atoms with Gasteiger partial charge in [0, 0.05) is 31.8 Å². The minimum absolute atomic E-state index is 0.0595. The van der Waals surface area contributed by atoms with E-state index in [0.29, 0.717) is 17.7 Å². The zero-order chi connectivity index (χ0) is 18.8. The van der Waals surface area contributed by atoms with Crippen molar-refractivity contribution in [3.05, 3.63) is 34.2 Å². The molecule has 0 unspecified atom stereocenters. The highest BCUT2D eigenvalue weighted by atomic mass is 16.5. The molecular weight excluding hydrogens is 340 g/mol. The number of fused-ring (bicyclic) bond motifs is 1. The van der Waals surface area contributed by atoms with E-state index in [2.05, 4.69) is 22.9 Å². The number of likely N-dealkylation sites (tertiary alicyclic amines) is 1. The van der Waals surface area contributed by atoms with Crippen LogP contribution in [0.4, 0.5) is 0 Å². The van der Waals surface area contributed by atoms with Gasteiger partial charge in [-0.25, -0.2) is 4.79 Å². The molecule has 0 atom stereocenters. The first-order chi connectivity index (χ1) is 13.2. The van der Waals surface area contributed by atoms with Crippen molar-refractivity contribution in [2.24, 2.45) is 0 Å². The standard InChI is InChI=1S/C21H28N4O2/c1-2-27-18-6-4-16(5-7-18)24-11-9-17(10-12-24)25-20-13-15(14-22)3-8-19(20)23-21(25)26/h3,8,13,16-18H,2,4-7,9-12H2,1H3,(H,23,26)/t16-,18-. The van der Waals surface area contributed by atoms with Crippen molar-refractivity contribution in [2.45, 2.75) is 63.6 Å². The highest BCUT2D eigenvalue weighted by Gasteiger charge is 2.30. The fourth-order valence-electron chi connectivity index (χ4n) is 4.88. The third kappa shape index (κ3) is 3.67. The molecule has 0 spiro atoms. The molecule has 1 aromatic heterocycles. The van der Waals surface area contributed by atoms with Crippen molar-refractivity contribution in [3.8, 4) is 6.07 Å². The number of piperidine rings is 1. The van der Waals surface area contributed by atoms with E-state index in [-0.39, 0.29) is 11.7 Å². The second-order valence-electron chi connectivity index (χ2n) is 7.80. The van der Waals surface area contributed by atoms with Gasteiger partial charge in [0.15, 0.2) is 0 Å². The molecule has 1 aliphatic carbocycles. The van der Waals surface area contributed by atoms with Gasteiger partial charge in [-0.2, -0.15) is 5.26 Å². The van der Waals surface area contributed by atoms with E-state index in [1.165, 1.54) is 12.8 Å². The maximum absolute atomic E-state index is 12.5. The number of benzene rings is 1. The Morgan fingerprint density at radius 1 is 1.15 bits per heavy atom. The molecule has 4 rings (SSSR count). The molecule has 1 aromatic carbocycles. The molecular formula is C21H28N4O2. The lowest BCUT2D eigenvalue weighted by atomic mass is 9.90. The van der Waals surface area contributed by atoms with Crippen LogP contribution in [0.15, 0.2) is 23.0 Å². The van der Waals surface area contributed by atoms with Crippen molar-refractivity contribution >= 4 is 11.0 Å². The quantitative estimate of drug-likeness (QED) is 0.899. The number of rotatable bonds is 4. The summed E-state index contributed by atoms with van der Waals surface area (Å²) in [6, 6.07) is 8.45. The normalized spacial score (nSPS) is 24.9. The zero-order valence-corrected chi connectivity index (χ0v) is 16.0. The number of hydrogen-bond acceptors (Lipinski definition) is 4. The second kappa shape index (κ2) is 7.87. The summed E-state index contributed by atoms with van der Waals surface area (Å²) < 4.78 is 7.65. The van der Waals surface area contributed by atoms with E-state index in [0.717, 1.165) is 56.4 Å². The predicted molar refractivity (Wildman–Crippen MR) is 105 cm³/mol. The summed E-state index contributed by atoms with van der Waals surface area (Å²) in [5, 5.41) is 9.17. The number of aromatic amines is 1. The van der Waals surface area contributed by atoms with Crippen LogP contribution >= 0.6 is 0 Å². The van der Waals surface area contributed by atoms with Crippen molar-refractivity contribution in [1.29, 1.82) is 5.26 Å². The van der Waals surface area contributed by atoms with E-state index in [4.69, 9.17) is 4.74 Å². The Hall–Kier alpha value is -2.10. The second-order valence-corrected chi connectivity index (χ2v) is 7.80. The lowest BCUT2D eigenvalue weighted by molar-refractivity contribution is 0.00796. The van der Waals surface area contributed by atoms with E-state index in [1.54, 1.807) is 6.07 Å². The summed E-state index contributed by atoms with van der Waals surface area (Å²) in [6.45, 7) is 4.95. The number of ether oxygens (including phenoxy) is 1. The van der Waals surface area contributed by atoms with Gasteiger partial charge in [-0.3, -0.25) is 4.57 Å². The maximum Gasteiger partial charge on any atom is 0.326 e. The number of nitrogens with one attached hydrogen (secondary N) is 1. The Bertz CT molecular complexity index is 878. The van der Waals surface area contributed by atoms with Gasteiger partial charge in [-0.1, -0.05) is 0 Å². The maximum atomic E-state index is 12.5. The van der Waals surface area contributed by atoms with Crippen LogP contribution in [0, 0.1) is 11.3 Å². The van der Waals surface area contributed by atoms with Crippen LogP contribution in [-0.2, 0) is 4.74 Å². The Balaban J connectivity index is 1.43. The van der Waals surface area contributed by atoms with Crippen molar-refractivity contribution in [1.82, 2.24) is 14.5 Å². The number of hydrogen-bond donors (Lipinski definition) is 1. The van der Waals surface area contributed by atoms with Crippen LogP contribution in [-0.4, -0.2) is 46.3 Å². The molecule has 6 nitrogen and oxygen atoms in total. The van der Waals surface area contributed by atoms with Crippen LogP contribution < -0.4 is 5.69 Å². The summed E-state index contributed by atoms with van der Waals surface area (Å²) in [5.41, 5.74) is 2.21. The Labute approximate surface area is 159 Å². The van der Waals surface area contributed by atoms with Crippen LogP contribution in [0.1, 0.15) is 57.1 Å². The molecule has 2 fully saturated rings. The minimum atomic E-state index is -0.0595. The summed E-state index contributed by atoms with van der Waals surface area (Å²) in [6.07, 6.45) is 7.17. The van der Waals surface area contributed by atoms with Gasteiger partial charge in [-0.05, 0) is 63.6 Å². The summed E-state index contributed by atoms with van der Waals surface area (Å²) in [5.74, 6) is 0. The highest BCUT2D eigenvalue weighted by molar-refractivity contribution is 5.77. The summed E-state index contributed by atoms with van der Waals surface area (Å²) >= 11 is 0. The molecule has 2 aliphatic rings. The van der Waals surface area contributed by atoms with Gasteiger partial charge in [0.05, 0.1) is 28.8 Å². The smallest absolute Gasteiger partial charge is 0.326 e. The molecule has 0 bridgehead atoms. The Kier molecular flexibility index (Phi) is 5.33. The Morgan fingerprint density at radius 3 is 2.56 bits per heavy atom. The first kappa shape index (κ1) is 18.3. The van der Waals surface area contributed by atoms with E-state index >= 15 is 0 Å². The topological polar surface area (TPSA) is 74.0 Å². The summed E-state index contributed by atoms with van der Waals surface area (Å²) in [4.78, 5) is 18.1. The third-order valence-corrected chi connectivity index (χ3v) is 6.27. The summed E-state index contributed by atoms with van der Waals surface area (Å²) in [7, 11) is 0. The molecule has 6 heteroatoms. The molecule has 0 radical (unpaired) electrons. The van der Waals surface area contributed by atoms with Crippen LogP contribution in [0.3, 0.4) is 0 Å². The first-order valence-electron chi connectivity index (χ1n) is 10.2. The van der Waals surface area contributed by atoms with Crippen molar-refractivity contribution in [3.63, 3.8) is 0 Å². The molecule has 2 heterocycles. The number of H-pyrrole nitrogens is 1.